The van der Waals surface area contributed by atoms with E-state index in [-0.39, 0.29) is 6.04 Å². The fourth-order valence-corrected chi connectivity index (χ4v) is 4.93. The van der Waals surface area contributed by atoms with Crippen LogP contribution in [0, 0.1) is 11.3 Å². The minimum Gasteiger partial charge on any atom is -0.493 e. The molecule has 1 fully saturated rings. The fraction of sp³-hybridized carbons (Fsp3) is 0.367. The molecule has 2 heterocycles. The van der Waals surface area contributed by atoms with Gasteiger partial charge in [-0.05, 0) is 79.4 Å². The Morgan fingerprint density at radius 1 is 1.13 bits per heavy atom. The largest absolute Gasteiger partial charge is 0.493 e. The van der Waals surface area contributed by atoms with Gasteiger partial charge in [-0.25, -0.2) is 9.78 Å². The van der Waals surface area contributed by atoms with Gasteiger partial charge in [0.1, 0.15) is 24.1 Å². The standard InChI is InChI=1S/C30H33BrN4O4/c1-30(2,3)39-29(36)33-23-12-14-35(15-13-23)28-22(18-32)16-24(31)27(34-28)21-10-11-25(37-4)26(17-21)38-19-20-8-6-5-7-9-20/h5-11,16-17,23H,12-15,19H2,1-4H3,(H,33,36). The van der Waals surface area contributed by atoms with Gasteiger partial charge in [-0.1, -0.05) is 30.3 Å². The van der Waals surface area contributed by atoms with Crippen molar-refractivity contribution in [2.24, 2.45) is 0 Å². The van der Waals surface area contributed by atoms with Crippen molar-refractivity contribution >= 4 is 27.8 Å². The van der Waals surface area contributed by atoms with Crippen molar-refractivity contribution in [3.05, 3.63) is 70.2 Å². The van der Waals surface area contributed by atoms with Gasteiger partial charge in [0, 0.05) is 29.2 Å². The summed E-state index contributed by atoms with van der Waals surface area (Å²) in [7, 11) is 1.61. The number of aromatic nitrogens is 1. The first-order valence-electron chi connectivity index (χ1n) is 12.9. The van der Waals surface area contributed by atoms with Gasteiger partial charge in [-0.2, -0.15) is 5.26 Å². The number of pyridine rings is 1. The number of carbonyl (C=O) groups excluding carboxylic acids is 1. The van der Waals surface area contributed by atoms with Crippen LogP contribution in [0.4, 0.5) is 10.6 Å². The van der Waals surface area contributed by atoms with E-state index in [1.54, 1.807) is 13.2 Å². The number of nitrogens with zero attached hydrogens (tertiary/aromatic N) is 3. The van der Waals surface area contributed by atoms with Crippen LogP contribution < -0.4 is 19.7 Å². The zero-order chi connectivity index (χ0) is 28.0. The maximum atomic E-state index is 12.2. The highest BCUT2D eigenvalue weighted by molar-refractivity contribution is 9.10. The second kappa shape index (κ2) is 12.4. The molecule has 4 rings (SSSR count). The lowest BCUT2D eigenvalue weighted by atomic mass is 10.0. The van der Waals surface area contributed by atoms with E-state index in [9.17, 15) is 10.1 Å². The number of halogens is 1. The number of nitrogens with one attached hydrogen (secondary N) is 1. The quantitative estimate of drug-likeness (QED) is 0.336. The summed E-state index contributed by atoms with van der Waals surface area (Å²) in [5.41, 5.74) is 2.52. The molecule has 39 heavy (non-hydrogen) atoms. The number of hydrogen-bond acceptors (Lipinski definition) is 7. The Hall–Kier alpha value is -3.77. The number of piperidine rings is 1. The summed E-state index contributed by atoms with van der Waals surface area (Å²) in [5.74, 6) is 1.85. The van der Waals surface area contributed by atoms with Crippen molar-refractivity contribution in [3.63, 3.8) is 0 Å². The van der Waals surface area contributed by atoms with Gasteiger partial charge in [0.2, 0.25) is 0 Å². The van der Waals surface area contributed by atoms with E-state index in [0.29, 0.717) is 52.7 Å². The van der Waals surface area contributed by atoms with Crippen LogP contribution in [-0.4, -0.2) is 42.9 Å². The van der Waals surface area contributed by atoms with E-state index in [0.717, 1.165) is 24.0 Å². The van der Waals surface area contributed by atoms with Crippen LogP contribution in [-0.2, 0) is 11.3 Å². The molecule has 1 saturated heterocycles. The molecule has 0 spiro atoms. The Morgan fingerprint density at radius 3 is 2.49 bits per heavy atom. The van der Waals surface area contributed by atoms with Crippen molar-refractivity contribution in [1.82, 2.24) is 10.3 Å². The Balaban J connectivity index is 1.54. The average Bonchev–Trinajstić information content (AvgIpc) is 2.91. The predicted molar refractivity (Wildman–Crippen MR) is 154 cm³/mol. The maximum absolute atomic E-state index is 12.2. The highest BCUT2D eigenvalue weighted by atomic mass is 79.9. The van der Waals surface area contributed by atoms with Crippen molar-refractivity contribution < 1.29 is 19.0 Å². The van der Waals surface area contributed by atoms with Gasteiger partial charge in [0.15, 0.2) is 11.5 Å². The maximum Gasteiger partial charge on any atom is 0.407 e. The number of benzene rings is 2. The number of alkyl carbamates (subject to hydrolysis) is 1. The van der Waals surface area contributed by atoms with Crippen LogP contribution in [0.15, 0.2) is 59.1 Å². The molecule has 0 bridgehead atoms. The molecule has 0 radical (unpaired) electrons. The summed E-state index contributed by atoms with van der Waals surface area (Å²) in [5, 5.41) is 12.8. The molecule has 1 aliphatic heterocycles. The number of ether oxygens (including phenoxy) is 3. The van der Waals surface area contributed by atoms with Gasteiger partial charge in [0.05, 0.1) is 18.4 Å². The molecular formula is C30H33BrN4O4. The molecule has 3 aromatic rings. The molecule has 1 amide bonds. The van der Waals surface area contributed by atoms with Crippen LogP contribution in [0.3, 0.4) is 0 Å². The lowest BCUT2D eigenvalue weighted by Gasteiger charge is -2.34. The van der Waals surface area contributed by atoms with Crippen LogP contribution in [0.1, 0.15) is 44.7 Å². The molecule has 0 unspecified atom stereocenters. The smallest absolute Gasteiger partial charge is 0.407 e. The predicted octanol–water partition coefficient (Wildman–Crippen LogP) is 6.46. The number of amides is 1. The average molecular weight is 594 g/mol. The molecular weight excluding hydrogens is 560 g/mol. The molecule has 9 heteroatoms. The zero-order valence-corrected chi connectivity index (χ0v) is 24.2. The Bertz CT molecular complexity index is 1340. The van der Waals surface area contributed by atoms with E-state index in [1.807, 2.05) is 69.3 Å². The second-order valence-corrected chi connectivity index (χ2v) is 11.2. The van der Waals surface area contributed by atoms with Gasteiger partial charge in [-0.3, -0.25) is 0 Å². The van der Waals surface area contributed by atoms with Gasteiger partial charge in [0.25, 0.3) is 0 Å². The first-order valence-corrected chi connectivity index (χ1v) is 13.7. The van der Waals surface area contributed by atoms with Crippen molar-refractivity contribution in [2.45, 2.75) is 51.9 Å². The van der Waals surface area contributed by atoms with E-state index >= 15 is 0 Å². The van der Waals surface area contributed by atoms with Gasteiger partial charge in [-0.15, -0.1) is 0 Å². The van der Waals surface area contributed by atoms with Crippen LogP contribution in [0.5, 0.6) is 11.5 Å². The first kappa shape index (κ1) is 28.2. The highest BCUT2D eigenvalue weighted by Crippen LogP contribution is 2.37. The summed E-state index contributed by atoms with van der Waals surface area (Å²) >= 11 is 3.61. The molecule has 0 saturated carbocycles. The summed E-state index contributed by atoms with van der Waals surface area (Å²) in [6.45, 7) is 7.23. The third-order valence-corrected chi connectivity index (χ3v) is 6.87. The van der Waals surface area contributed by atoms with Crippen LogP contribution in [0.25, 0.3) is 11.3 Å². The second-order valence-electron chi connectivity index (χ2n) is 10.3. The molecule has 2 aromatic carbocycles. The Morgan fingerprint density at radius 2 is 1.85 bits per heavy atom. The molecule has 1 N–H and O–H groups in total. The van der Waals surface area contributed by atoms with E-state index in [1.165, 1.54) is 0 Å². The molecule has 204 valence electrons. The summed E-state index contributed by atoms with van der Waals surface area (Å²) in [6.07, 6.45) is 1.03. The SMILES string of the molecule is COc1ccc(-c2nc(N3CCC(NC(=O)OC(C)(C)C)CC3)c(C#N)cc2Br)cc1OCc1ccccc1. The van der Waals surface area contributed by atoms with Crippen molar-refractivity contribution in [2.75, 3.05) is 25.1 Å². The van der Waals surface area contributed by atoms with E-state index in [4.69, 9.17) is 19.2 Å². The third-order valence-electron chi connectivity index (χ3n) is 6.27. The summed E-state index contributed by atoms with van der Waals surface area (Å²) in [6, 6.07) is 19.7. The van der Waals surface area contributed by atoms with Crippen LogP contribution >= 0.6 is 15.9 Å². The van der Waals surface area contributed by atoms with Gasteiger partial charge >= 0.3 is 6.09 Å². The third kappa shape index (κ3) is 7.42. The topological polar surface area (TPSA) is 96.7 Å². The molecule has 0 atom stereocenters. The Kier molecular flexibility index (Phi) is 8.97. The lowest BCUT2D eigenvalue weighted by molar-refractivity contribution is 0.0497. The number of carbonyl (C=O) groups is 1. The molecule has 8 nitrogen and oxygen atoms in total. The normalized spacial score (nSPS) is 13.9. The minimum absolute atomic E-state index is 0.00228. The zero-order valence-electron chi connectivity index (χ0n) is 22.7. The van der Waals surface area contributed by atoms with Crippen molar-refractivity contribution in [3.8, 4) is 28.8 Å². The molecule has 1 aliphatic rings. The molecule has 1 aromatic heterocycles. The number of rotatable bonds is 7. The van der Waals surface area contributed by atoms with Crippen LogP contribution in [0.2, 0.25) is 0 Å². The number of hydrogen-bond donors (Lipinski definition) is 1. The minimum atomic E-state index is -0.544. The lowest BCUT2D eigenvalue weighted by Crippen LogP contribution is -2.46. The highest BCUT2D eigenvalue weighted by Gasteiger charge is 2.26. The van der Waals surface area contributed by atoms with E-state index < -0.39 is 11.7 Å². The first-order chi connectivity index (χ1) is 18.7. The summed E-state index contributed by atoms with van der Waals surface area (Å²) < 4.78 is 17.7. The number of nitriles is 1. The molecule has 0 aliphatic carbocycles. The number of methoxy groups -OCH3 is 1. The fourth-order valence-electron chi connectivity index (χ4n) is 4.39. The monoisotopic (exact) mass is 592 g/mol. The summed E-state index contributed by atoms with van der Waals surface area (Å²) in [4.78, 5) is 19.2. The Labute approximate surface area is 238 Å². The van der Waals surface area contributed by atoms with Gasteiger partial charge < -0.3 is 24.4 Å². The van der Waals surface area contributed by atoms with Crippen molar-refractivity contribution in [1.29, 1.82) is 5.26 Å². The number of anilines is 1. The van der Waals surface area contributed by atoms with E-state index in [2.05, 4.69) is 32.2 Å².